The number of aliphatic carboxylic acids is 1. The molecule has 98 valence electrons. The molecule has 0 amide bonds. The summed E-state index contributed by atoms with van der Waals surface area (Å²) in [4.78, 5) is 35.6. The highest BCUT2D eigenvalue weighted by molar-refractivity contribution is 6.42. The van der Waals surface area contributed by atoms with Gasteiger partial charge in [-0.1, -0.05) is 0 Å². The van der Waals surface area contributed by atoms with Gasteiger partial charge in [-0.25, -0.2) is 9.79 Å². The molecule has 0 saturated heterocycles. The first-order valence-corrected chi connectivity index (χ1v) is 5.05. The largest absolute Gasteiger partial charge is 0.477 e. The van der Waals surface area contributed by atoms with E-state index in [4.69, 9.17) is 10.8 Å². The smallest absolute Gasteiger partial charge is 0.352 e. The van der Waals surface area contributed by atoms with Crippen LogP contribution >= 0.6 is 0 Å². The van der Waals surface area contributed by atoms with Crippen molar-refractivity contribution in [2.45, 2.75) is 6.04 Å². The molecular weight excluding hydrogens is 256 g/mol. The summed E-state index contributed by atoms with van der Waals surface area (Å²) in [6.07, 6.45) is 0.359. The second-order valence-corrected chi connectivity index (χ2v) is 3.75. The van der Waals surface area contributed by atoms with Crippen LogP contribution in [0.3, 0.4) is 0 Å². The van der Waals surface area contributed by atoms with Gasteiger partial charge in [0.05, 0.1) is 16.3 Å². The van der Waals surface area contributed by atoms with Gasteiger partial charge in [0.1, 0.15) is 18.0 Å². The lowest BCUT2D eigenvalue weighted by Gasteiger charge is -2.21. The number of aldehydes is 1. The molecule has 0 bridgehead atoms. The number of aliphatic imine (C=N–C) groups is 1. The van der Waals surface area contributed by atoms with Gasteiger partial charge in [-0.2, -0.15) is 0 Å². The number of carbonyl (C=O) groups excluding carboxylic acids is 1. The van der Waals surface area contributed by atoms with E-state index >= 15 is 0 Å². The van der Waals surface area contributed by atoms with Crippen molar-refractivity contribution in [3.63, 3.8) is 0 Å². The van der Waals surface area contributed by atoms with Gasteiger partial charge >= 0.3 is 5.97 Å². The molecule has 1 aliphatic rings. The van der Waals surface area contributed by atoms with E-state index in [2.05, 4.69) is 10.3 Å². The molecule has 1 aliphatic heterocycles. The summed E-state index contributed by atoms with van der Waals surface area (Å²) in [5, 5.41) is 22.2. The minimum Gasteiger partial charge on any atom is -0.477 e. The molecular formula is C10H8N4O5. The van der Waals surface area contributed by atoms with Crippen molar-refractivity contribution in [3.05, 3.63) is 22.2 Å². The summed E-state index contributed by atoms with van der Waals surface area (Å²) >= 11 is 0. The number of hydrogen-bond acceptors (Lipinski definition) is 7. The lowest BCUT2D eigenvalue weighted by Crippen LogP contribution is -2.38. The minimum absolute atomic E-state index is 0.136. The molecule has 1 aromatic rings. The molecule has 1 aromatic carbocycles. The summed E-state index contributed by atoms with van der Waals surface area (Å²) in [6, 6.07) is 1.14. The molecule has 0 radical (unpaired) electrons. The summed E-state index contributed by atoms with van der Waals surface area (Å²) in [5.41, 5.74) is 4.93. The number of anilines is 2. The molecule has 0 spiro atoms. The third-order valence-electron chi connectivity index (χ3n) is 2.54. The first-order chi connectivity index (χ1) is 8.93. The van der Waals surface area contributed by atoms with Gasteiger partial charge in [0.2, 0.25) is 0 Å². The molecule has 1 heterocycles. The lowest BCUT2D eigenvalue weighted by molar-refractivity contribution is -0.383. The quantitative estimate of drug-likeness (QED) is 0.308. The van der Waals surface area contributed by atoms with Crippen LogP contribution in [0.1, 0.15) is 0 Å². The number of hydrogen-bond donors (Lipinski definition) is 3. The number of carboxylic acids is 1. The Kier molecular flexibility index (Phi) is 2.87. The molecule has 0 aliphatic carbocycles. The van der Waals surface area contributed by atoms with E-state index in [0.29, 0.717) is 6.29 Å². The van der Waals surface area contributed by atoms with E-state index in [1.165, 1.54) is 6.07 Å². The number of carbonyl (C=O) groups is 2. The van der Waals surface area contributed by atoms with Crippen molar-refractivity contribution >= 4 is 40.7 Å². The zero-order valence-electron chi connectivity index (χ0n) is 9.36. The Morgan fingerprint density at radius 2 is 2.26 bits per heavy atom. The number of nitro groups is 1. The summed E-state index contributed by atoms with van der Waals surface area (Å²) < 4.78 is 0. The number of nitrogens with two attached hydrogens (primary N) is 1. The summed E-state index contributed by atoms with van der Waals surface area (Å²) in [7, 11) is 0. The van der Waals surface area contributed by atoms with Crippen LogP contribution in [0.25, 0.3) is 0 Å². The van der Waals surface area contributed by atoms with E-state index in [9.17, 15) is 19.7 Å². The van der Waals surface area contributed by atoms with Crippen LogP contribution < -0.4 is 11.1 Å². The van der Waals surface area contributed by atoms with Crippen LogP contribution in [0.4, 0.5) is 22.7 Å². The number of nitro benzene ring substituents is 1. The van der Waals surface area contributed by atoms with Crippen LogP contribution in [-0.2, 0) is 9.59 Å². The normalized spacial score (nSPS) is 16.8. The Balaban J connectivity index is 2.59. The van der Waals surface area contributed by atoms with Crippen molar-refractivity contribution in [3.8, 4) is 0 Å². The molecule has 0 fully saturated rings. The highest BCUT2D eigenvalue weighted by atomic mass is 16.6. The van der Waals surface area contributed by atoms with E-state index in [1.54, 1.807) is 0 Å². The third kappa shape index (κ3) is 2.08. The maximum atomic E-state index is 10.9. The highest BCUT2D eigenvalue weighted by Gasteiger charge is 2.29. The molecule has 1 atom stereocenters. The number of nitrogen functional groups attached to an aromatic ring is 1. The second kappa shape index (κ2) is 4.37. The molecule has 0 saturated carbocycles. The van der Waals surface area contributed by atoms with Crippen molar-refractivity contribution in [1.82, 2.24) is 0 Å². The predicted octanol–water partition coefficient (Wildman–Crippen LogP) is 0.327. The Morgan fingerprint density at radius 1 is 1.58 bits per heavy atom. The fourth-order valence-corrected chi connectivity index (χ4v) is 1.67. The maximum absolute atomic E-state index is 10.9. The number of rotatable bonds is 3. The summed E-state index contributed by atoms with van der Waals surface area (Å²) in [6.45, 7) is 0. The maximum Gasteiger partial charge on any atom is 0.352 e. The van der Waals surface area contributed by atoms with Crippen molar-refractivity contribution in [1.29, 1.82) is 0 Å². The minimum atomic E-state index is -1.35. The van der Waals surface area contributed by atoms with E-state index in [0.717, 1.165) is 6.07 Å². The SMILES string of the molecule is Nc1cc2c(cc1[N+](=O)[O-])NC(C=O)C(C(=O)O)=N2. The monoisotopic (exact) mass is 264 g/mol. The fraction of sp³-hybridized carbons (Fsp3) is 0.100. The van der Waals surface area contributed by atoms with Gasteiger partial charge in [-0.3, -0.25) is 10.1 Å². The molecule has 19 heavy (non-hydrogen) atoms. The molecule has 2 rings (SSSR count). The van der Waals surface area contributed by atoms with Gasteiger partial charge in [0, 0.05) is 6.07 Å². The van der Waals surface area contributed by atoms with Crippen molar-refractivity contribution in [2.24, 2.45) is 4.99 Å². The van der Waals surface area contributed by atoms with E-state index in [1.807, 2.05) is 0 Å². The van der Waals surface area contributed by atoms with Crippen LogP contribution in [0.15, 0.2) is 17.1 Å². The first-order valence-electron chi connectivity index (χ1n) is 5.05. The second-order valence-electron chi connectivity index (χ2n) is 3.75. The number of fused-ring (bicyclic) bond motifs is 1. The molecule has 9 heteroatoms. The van der Waals surface area contributed by atoms with Gasteiger partial charge in [0.15, 0.2) is 5.71 Å². The van der Waals surface area contributed by atoms with Crippen LogP contribution in [0, 0.1) is 10.1 Å². The van der Waals surface area contributed by atoms with E-state index < -0.39 is 22.6 Å². The Bertz CT molecular complexity index is 625. The number of nitrogens with one attached hydrogen (secondary N) is 1. The fourth-order valence-electron chi connectivity index (χ4n) is 1.67. The van der Waals surface area contributed by atoms with Crippen molar-refractivity contribution < 1.29 is 19.6 Å². The van der Waals surface area contributed by atoms with Crippen molar-refractivity contribution in [2.75, 3.05) is 11.1 Å². The zero-order valence-corrected chi connectivity index (χ0v) is 9.36. The Morgan fingerprint density at radius 3 is 2.79 bits per heavy atom. The van der Waals surface area contributed by atoms with Crippen LogP contribution in [-0.4, -0.2) is 34.0 Å². The average Bonchev–Trinajstić information content (AvgIpc) is 2.35. The zero-order chi connectivity index (χ0) is 14.2. The molecule has 9 nitrogen and oxygen atoms in total. The third-order valence-corrected chi connectivity index (χ3v) is 2.54. The Hall–Kier alpha value is -2.97. The Labute approximate surface area is 105 Å². The van der Waals surface area contributed by atoms with Crippen LogP contribution in [0.2, 0.25) is 0 Å². The van der Waals surface area contributed by atoms with Gasteiger partial charge < -0.3 is 21.0 Å². The van der Waals surface area contributed by atoms with Gasteiger partial charge in [0.25, 0.3) is 5.69 Å². The topological polar surface area (TPSA) is 148 Å². The number of nitrogens with zero attached hydrogens (tertiary/aromatic N) is 2. The van der Waals surface area contributed by atoms with Crippen LogP contribution in [0.5, 0.6) is 0 Å². The molecule has 4 N–H and O–H groups in total. The standard InChI is InChI=1S/C10H8N4O5/c11-4-1-5-6(2-8(4)14(18)19)12-7(3-15)9(13-5)10(16)17/h1-3,7,12H,11H2,(H,16,17). The lowest BCUT2D eigenvalue weighted by atomic mass is 10.1. The number of carboxylic acid groups (broad SMARTS) is 1. The average molecular weight is 264 g/mol. The highest BCUT2D eigenvalue weighted by Crippen LogP contribution is 2.37. The van der Waals surface area contributed by atoms with E-state index in [-0.39, 0.29) is 22.7 Å². The van der Waals surface area contributed by atoms with Gasteiger partial charge in [-0.05, 0) is 6.07 Å². The molecule has 1 unspecified atom stereocenters. The summed E-state index contributed by atoms with van der Waals surface area (Å²) in [5.74, 6) is -1.35. The first kappa shape index (κ1) is 12.5. The predicted molar refractivity (Wildman–Crippen MR) is 65.7 cm³/mol. The van der Waals surface area contributed by atoms with Gasteiger partial charge in [-0.15, -0.1) is 0 Å². The molecule has 0 aromatic heterocycles. The number of benzene rings is 1.